The normalized spacial score (nSPS) is 22.7. The number of pyridine rings is 1. The number of hydrogen-bond acceptors (Lipinski definition) is 5. The molecule has 1 aromatic heterocycles. The van der Waals surface area contributed by atoms with Crippen LogP contribution in [-0.2, 0) is 22.2 Å². The molecule has 3 atom stereocenters. The van der Waals surface area contributed by atoms with E-state index in [-0.39, 0.29) is 23.8 Å². The summed E-state index contributed by atoms with van der Waals surface area (Å²) in [6.45, 7) is 0. The zero-order chi connectivity index (χ0) is 21.1. The molecule has 2 N–H and O–H groups in total. The van der Waals surface area contributed by atoms with Crippen molar-refractivity contribution < 1.29 is 45.0 Å². The first-order valence-electron chi connectivity index (χ1n) is 7.58. The third kappa shape index (κ3) is 3.35. The molecule has 0 fully saturated rings. The Bertz CT molecular complexity index is 986. The molecule has 3 rings (SSSR count). The number of halogens is 6. The zero-order valence-electron chi connectivity index (χ0n) is 13.5. The number of fused-ring (bicyclic) bond motifs is 1. The highest BCUT2D eigenvalue weighted by molar-refractivity contribution is 7.92. The van der Waals surface area contributed by atoms with Gasteiger partial charge in [-0.2, -0.15) is 26.3 Å². The van der Waals surface area contributed by atoms with E-state index in [0.29, 0.717) is 0 Å². The maximum atomic E-state index is 13.0. The minimum Gasteiger partial charge on any atom is -0.387 e. The van der Waals surface area contributed by atoms with Crippen LogP contribution in [0.2, 0.25) is 0 Å². The van der Waals surface area contributed by atoms with Crippen LogP contribution in [0.1, 0.15) is 34.5 Å². The number of aromatic nitrogens is 1. The highest BCUT2D eigenvalue weighted by atomic mass is 32.2. The largest absolute Gasteiger partial charge is 0.416 e. The van der Waals surface area contributed by atoms with Crippen molar-refractivity contribution in [2.75, 3.05) is 0 Å². The Kier molecular flexibility index (Phi) is 4.72. The van der Waals surface area contributed by atoms with Gasteiger partial charge in [-0.05, 0) is 29.8 Å². The van der Waals surface area contributed by atoms with Gasteiger partial charge in [-0.15, -0.1) is 0 Å². The third-order valence-electron chi connectivity index (χ3n) is 4.37. The Balaban J connectivity index is 2.14. The van der Waals surface area contributed by atoms with Gasteiger partial charge in [0, 0.05) is 18.0 Å². The molecule has 0 radical (unpaired) electrons. The number of rotatable bonds is 2. The first-order chi connectivity index (χ1) is 12.7. The fraction of sp³-hybridized carbons (Fsp3) is 0.312. The molecule has 12 heteroatoms. The first kappa shape index (κ1) is 20.6. The smallest absolute Gasteiger partial charge is 0.387 e. The van der Waals surface area contributed by atoms with Gasteiger partial charge in [0.15, 0.2) is 9.84 Å². The van der Waals surface area contributed by atoms with E-state index in [1.54, 1.807) is 0 Å². The van der Waals surface area contributed by atoms with E-state index >= 15 is 0 Å². The predicted octanol–water partition coefficient (Wildman–Crippen LogP) is 3.04. The Labute approximate surface area is 154 Å². The lowest BCUT2D eigenvalue weighted by Crippen LogP contribution is -2.29. The van der Waals surface area contributed by atoms with Crippen LogP contribution in [0.3, 0.4) is 0 Å². The Morgan fingerprint density at radius 3 is 2.00 bits per heavy atom. The molecule has 1 aliphatic heterocycles. The van der Waals surface area contributed by atoms with Crippen LogP contribution in [0.5, 0.6) is 0 Å². The molecular weight excluding hydrogens is 416 g/mol. The average Bonchev–Trinajstić information content (AvgIpc) is 2.79. The summed E-state index contributed by atoms with van der Waals surface area (Å²) in [6, 6.07) is 1.44. The van der Waals surface area contributed by atoms with Crippen molar-refractivity contribution in [3.05, 3.63) is 58.9 Å². The van der Waals surface area contributed by atoms with Gasteiger partial charge in [0.05, 0.1) is 22.1 Å². The summed E-state index contributed by atoms with van der Waals surface area (Å²) in [5.74, 6) is 0. The van der Waals surface area contributed by atoms with Crippen LogP contribution in [0, 0.1) is 0 Å². The highest BCUT2D eigenvalue weighted by Gasteiger charge is 2.49. The molecule has 1 aliphatic rings. The van der Waals surface area contributed by atoms with Crippen LogP contribution in [0.15, 0.2) is 41.6 Å². The summed E-state index contributed by atoms with van der Waals surface area (Å²) < 4.78 is 103. The monoisotopic (exact) mass is 427 g/mol. The summed E-state index contributed by atoms with van der Waals surface area (Å²) >= 11 is 0. The third-order valence-corrected chi connectivity index (χ3v) is 6.56. The van der Waals surface area contributed by atoms with Crippen LogP contribution in [-0.4, -0.2) is 28.9 Å². The number of hydrogen-bond donors (Lipinski definition) is 2. The standard InChI is InChI=1S/C16H11F6NO4S/c17-15(18,19)8-3-7(4-9(5-8)16(20,21)22)12(24)14-13(25)10-1-2-23-6-11(10)28(14,26)27/h1-6,12-14,24-25H. The molecule has 0 spiro atoms. The Morgan fingerprint density at radius 1 is 1.00 bits per heavy atom. The van der Waals surface area contributed by atoms with Gasteiger partial charge in [0.1, 0.15) is 11.4 Å². The molecule has 1 aromatic carbocycles. The van der Waals surface area contributed by atoms with E-state index in [9.17, 15) is 45.0 Å². The molecule has 2 aromatic rings. The molecule has 5 nitrogen and oxygen atoms in total. The van der Waals surface area contributed by atoms with Gasteiger partial charge in [-0.25, -0.2) is 8.42 Å². The second-order valence-corrected chi connectivity index (χ2v) is 8.23. The quantitative estimate of drug-likeness (QED) is 0.720. The van der Waals surface area contributed by atoms with Gasteiger partial charge in [0.2, 0.25) is 0 Å². The first-order valence-corrected chi connectivity index (χ1v) is 9.12. The molecule has 3 unspecified atom stereocenters. The molecule has 2 heterocycles. The zero-order valence-corrected chi connectivity index (χ0v) is 14.3. The number of benzene rings is 1. The number of aliphatic hydroxyl groups is 2. The summed E-state index contributed by atoms with van der Waals surface area (Å²) in [5.41, 5.74) is -4.50. The van der Waals surface area contributed by atoms with Crippen molar-refractivity contribution in [3.8, 4) is 0 Å². The summed E-state index contributed by atoms with van der Waals surface area (Å²) in [5, 5.41) is 18.6. The fourth-order valence-corrected chi connectivity index (χ4v) is 5.05. The minimum atomic E-state index is -5.17. The number of nitrogens with zero attached hydrogens (tertiary/aromatic N) is 1. The lowest BCUT2D eigenvalue weighted by molar-refractivity contribution is -0.143. The number of aliphatic hydroxyl groups excluding tert-OH is 2. The average molecular weight is 427 g/mol. The summed E-state index contributed by atoms with van der Waals surface area (Å²) in [7, 11) is -4.46. The molecule has 0 bridgehead atoms. The summed E-state index contributed by atoms with van der Waals surface area (Å²) in [4.78, 5) is 3.13. The van der Waals surface area contributed by atoms with E-state index in [1.165, 1.54) is 0 Å². The van der Waals surface area contributed by atoms with Gasteiger partial charge in [-0.3, -0.25) is 4.98 Å². The SMILES string of the molecule is O=S1(=O)c2cnccc2C(O)C1C(O)c1cc(C(F)(F)F)cc(C(F)(F)F)c1. The molecule has 28 heavy (non-hydrogen) atoms. The van der Waals surface area contributed by atoms with Crippen LogP contribution < -0.4 is 0 Å². The van der Waals surface area contributed by atoms with Crippen molar-refractivity contribution in [2.24, 2.45) is 0 Å². The maximum absolute atomic E-state index is 13.0. The summed E-state index contributed by atoms with van der Waals surface area (Å²) in [6.07, 6.45) is -12.5. The number of alkyl halides is 6. The Hall–Kier alpha value is -2.18. The van der Waals surface area contributed by atoms with Crippen molar-refractivity contribution in [3.63, 3.8) is 0 Å². The molecule has 152 valence electrons. The topological polar surface area (TPSA) is 87.5 Å². The molecule has 0 saturated carbocycles. The second-order valence-electron chi connectivity index (χ2n) is 6.15. The van der Waals surface area contributed by atoms with E-state index in [2.05, 4.69) is 4.98 Å². The second kappa shape index (κ2) is 6.42. The fourth-order valence-electron chi connectivity index (χ4n) is 3.05. The van der Waals surface area contributed by atoms with Crippen LogP contribution in [0.4, 0.5) is 26.3 Å². The van der Waals surface area contributed by atoms with Crippen molar-refractivity contribution in [2.45, 2.75) is 34.7 Å². The molecule has 0 saturated heterocycles. The minimum absolute atomic E-state index is 0.144. The van der Waals surface area contributed by atoms with Crippen molar-refractivity contribution >= 4 is 9.84 Å². The van der Waals surface area contributed by atoms with Crippen molar-refractivity contribution in [1.29, 1.82) is 0 Å². The predicted molar refractivity (Wildman–Crippen MR) is 81.6 cm³/mol. The van der Waals surface area contributed by atoms with Crippen molar-refractivity contribution in [1.82, 2.24) is 4.98 Å². The van der Waals surface area contributed by atoms with E-state index in [0.717, 1.165) is 18.5 Å². The lowest BCUT2D eigenvalue weighted by Gasteiger charge is -2.23. The molecular formula is C16H11F6NO4S. The molecule has 0 aliphatic carbocycles. The number of sulfone groups is 1. The van der Waals surface area contributed by atoms with Crippen LogP contribution >= 0.6 is 0 Å². The van der Waals surface area contributed by atoms with Crippen LogP contribution in [0.25, 0.3) is 0 Å². The Morgan fingerprint density at radius 2 is 1.54 bits per heavy atom. The van der Waals surface area contributed by atoms with Gasteiger partial charge < -0.3 is 10.2 Å². The van der Waals surface area contributed by atoms with Gasteiger partial charge in [-0.1, -0.05) is 0 Å². The van der Waals surface area contributed by atoms with E-state index in [1.807, 2.05) is 0 Å². The lowest BCUT2D eigenvalue weighted by atomic mass is 9.95. The van der Waals surface area contributed by atoms with E-state index < -0.39 is 61.2 Å². The molecule has 0 amide bonds. The van der Waals surface area contributed by atoms with Gasteiger partial charge >= 0.3 is 12.4 Å². The van der Waals surface area contributed by atoms with E-state index in [4.69, 9.17) is 0 Å². The highest BCUT2D eigenvalue weighted by Crippen LogP contribution is 2.45. The maximum Gasteiger partial charge on any atom is 0.416 e. The van der Waals surface area contributed by atoms with Gasteiger partial charge in [0.25, 0.3) is 0 Å².